The van der Waals surface area contributed by atoms with Gasteiger partial charge in [0, 0.05) is 23.8 Å². The van der Waals surface area contributed by atoms with E-state index in [1.54, 1.807) is 0 Å². The number of aryl methyl sites for hydroxylation is 1. The van der Waals surface area contributed by atoms with E-state index in [2.05, 4.69) is 62.4 Å². The first-order chi connectivity index (χ1) is 9.65. The van der Waals surface area contributed by atoms with Crippen molar-refractivity contribution in [3.8, 4) is 5.69 Å². The molecule has 3 heteroatoms. The molecule has 1 aromatic carbocycles. The fourth-order valence-corrected chi connectivity index (χ4v) is 2.18. The first kappa shape index (κ1) is 14.8. The average Bonchev–Trinajstić information content (AvgIpc) is 2.86. The number of rotatable bonds is 6. The molecule has 0 radical (unpaired) electrons. The fourth-order valence-electron chi connectivity index (χ4n) is 2.18. The van der Waals surface area contributed by atoms with E-state index in [9.17, 15) is 0 Å². The molecule has 0 bridgehead atoms. The number of benzene rings is 1. The Balaban J connectivity index is 2.15. The van der Waals surface area contributed by atoms with Crippen molar-refractivity contribution in [1.82, 2.24) is 15.1 Å². The molecular weight excluding hydrogens is 246 g/mol. The van der Waals surface area contributed by atoms with Gasteiger partial charge in [0.25, 0.3) is 0 Å². The van der Waals surface area contributed by atoms with Crippen molar-refractivity contribution in [1.29, 1.82) is 0 Å². The third kappa shape index (κ3) is 3.28. The van der Waals surface area contributed by atoms with Gasteiger partial charge in [0.1, 0.15) is 0 Å². The summed E-state index contributed by atoms with van der Waals surface area (Å²) in [5.74, 6) is 0. The molecule has 1 unspecified atom stereocenters. The molecule has 1 atom stereocenters. The smallest absolute Gasteiger partial charge is 0.0648 e. The zero-order chi connectivity index (χ0) is 14.5. The van der Waals surface area contributed by atoms with Crippen LogP contribution in [-0.4, -0.2) is 15.8 Å². The van der Waals surface area contributed by atoms with E-state index in [-0.39, 0.29) is 0 Å². The molecule has 3 nitrogen and oxygen atoms in total. The van der Waals surface area contributed by atoms with E-state index in [0.29, 0.717) is 6.04 Å². The molecular formula is C17H25N3. The zero-order valence-electron chi connectivity index (χ0n) is 13.0. The van der Waals surface area contributed by atoms with Crippen LogP contribution >= 0.6 is 0 Å². The Morgan fingerprint density at radius 2 is 1.90 bits per heavy atom. The van der Waals surface area contributed by atoms with Gasteiger partial charge in [-0.15, -0.1) is 0 Å². The van der Waals surface area contributed by atoms with Crippen LogP contribution in [0.4, 0.5) is 0 Å². The predicted octanol–water partition coefficient (Wildman–Crippen LogP) is 3.63. The van der Waals surface area contributed by atoms with Crippen molar-refractivity contribution in [3.05, 3.63) is 47.3 Å². The second-order valence-electron chi connectivity index (χ2n) is 5.38. The Kier molecular flexibility index (Phi) is 4.96. The zero-order valence-corrected chi connectivity index (χ0v) is 13.0. The van der Waals surface area contributed by atoms with Crippen LogP contribution in [0.25, 0.3) is 5.69 Å². The number of nitrogens with one attached hydrogen (secondary N) is 1. The fraction of sp³-hybridized carbons (Fsp3) is 0.471. The molecule has 108 valence electrons. The van der Waals surface area contributed by atoms with Crippen LogP contribution in [0.3, 0.4) is 0 Å². The molecule has 0 spiro atoms. The number of hydrogen-bond donors (Lipinski definition) is 1. The quantitative estimate of drug-likeness (QED) is 0.869. The summed E-state index contributed by atoms with van der Waals surface area (Å²) in [6, 6.07) is 9.18. The van der Waals surface area contributed by atoms with E-state index in [4.69, 9.17) is 0 Å². The maximum Gasteiger partial charge on any atom is 0.0648 e. The molecule has 20 heavy (non-hydrogen) atoms. The van der Waals surface area contributed by atoms with Crippen molar-refractivity contribution in [3.63, 3.8) is 0 Å². The van der Waals surface area contributed by atoms with Gasteiger partial charge in [-0.3, -0.25) is 0 Å². The lowest BCUT2D eigenvalue weighted by Crippen LogP contribution is -2.24. The third-order valence-electron chi connectivity index (χ3n) is 3.95. The monoisotopic (exact) mass is 271 g/mol. The summed E-state index contributed by atoms with van der Waals surface area (Å²) < 4.78 is 2.02. The third-order valence-corrected chi connectivity index (χ3v) is 3.95. The first-order valence-corrected chi connectivity index (χ1v) is 7.51. The number of aromatic nitrogens is 2. The highest BCUT2D eigenvalue weighted by atomic mass is 15.3. The summed E-state index contributed by atoms with van der Waals surface area (Å²) >= 11 is 0. The molecule has 1 aromatic heterocycles. The number of hydrogen-bond acceptors (Lipinski definition) is 2. The summed E-state index contributed by atoms with van der Waals surface area (Å²) in [4.78, 5) is 0. The summed E-state index contributed by atoms with van der Waals surface area (Å²) in [7, 11) is 0. The Morgan fingerprint density at radius 1 is 1.20 bits per heavy atom. The Labute approximate surface area is 122 Å². The predicted molar refractivity (Wildman–Crippen MR) is 84.3 cm³/mol. The van der Waals surface area contributed by atoms with Crippen LogP contribution in [0.1, 0.15) is 44.0 Å². The van der Waals surface area contributed by atoms with E-state index in [1.807, 2.05) is 10.9 Å². The van der Waals surface area contributed by atoms with Crippen molar-refractivity contribution in [2.45, 2.75) is 53.1 Å². The van der Waals surface area contributed by atoms with Crippen LogP contribution in [0, 0.1) is 6.92 Å². The molecule has 0 aliphatic heterocycles. The van der Waals surface area contributed by atoms with Gasteiger partial charge in [0.15, 0.2) is 0 Å². The second kappa shape index (κ2) is 6.71. The minimum Gasteiger partial charge on any atom is -0.310 e. The molecule has 2 aromatic rings. The van der Waals surface area contributed by atoms with Gasteiger partial charge in [0.2, 0.25) is 0 Å². The van der Waals surface area contributed by atoms with Gasteiger partial charge in [-0.1, -0.05) is 26.0 Å². The van der Waals surface area contributed by atoms with Gasteiger partial charge in [-0.05, 0) is 44.4 Å². The first-order valence-electron chi connectivity index (χ1n) is 7.51. The standard InChI is InChI=1S/C17H25N3/c1-5-13(3)18-11-16-12-19-20(14(16)4)17-9-7-15(6-2)8-10-17/h7-10,12-13,18H,5-6,11H2,1-4H3. The van der Waals surface area contributed by atoms with Gasteiger partial charge in [0.05, 0.1) is 11.9 Å². The molecule has 0 saturated carbocycles. The van der Waals surface area contributed by atoms with E-state index in [1.165, 1.54) is 16.8 Å². The molecule has 0 saturated heterocycles. The molecule has 1 N–H and O–H groups in total. The topological polar surface area (TPSA) is 29.9 Å². The number of nitrogens with zero attached hydrogens (tertiary/aromatic N) is 2. The molecule has 0 aliphatic carbocycles. The summed E-state index contributed by atoms with van der Waals surface area (Å²) in [6.45, 7) is 9.60. The van der Waals surface area contributed by atoms with Crippen molar-refractivity contribution >= 4 is 0 Å². The van der Waals surface area contributed by atoms with Gasteiger partial charge in [-0.2, -0.15) is 5.10 Å². The van der Waals surface area contributed by atoms with E-state index < -0.39 is 0 Å². The second-order valence-corrected chi connectivity index (χ2v) is 5.38. The molecule has 0 fully saturated rings. The van der Waals surface area contributed by atoms with Gasteiger partial charge < -0.3 is 5.32 Å². The van der Waals surface area contributed by atoms with Crippen LogP contribution in [0.2, 0.25) is 0 Å². The summed E-state index contributed by atoms with van der Waals surface area (Å²) in [5.41, 5.74) is 4.97. The van der Waals surface area contributed by atoms with Crippen molar-refractivity contribution < 1.29 is 0 Å². The molecule has 0 amide bonds. The van der Waals surface area contributed by atoms with Crippen LogP contribution in [0.5, 0.6) is 0 Å². The van der Waals surface area contributed by atoms with E-state index >= 15 is 0 Å². The van der Waals surface area contributed by atoms with Crippen LogP contribution < -0.4 is 5.32 Å². The highest BCUT2D eigenvalue weighted by molar-refractivity contribution is 5.37. The highest BCUT2D eigenvalue weighted by Crippen LogP contribution is 2.15. The van der Waals surface area contributed by atoms with Crippen LogP contribution in [-0.2, 0) is 13.0 Å². The molecule has 2 rings (SSSR count). The Hall–Kier alpha value is -1.61. The molecule has 1 heterocycles. The summed E-state index contributed by atoms with van der Waals surface area (Å²) in [5, 5.41) is 8.04. The summed E-state index contributed by atoms with van der Waals surface area (Å²) in [6.07, 6.45) is 4.19. The lowest BCUT2D eigenvalue weighted by molar-refractivity contribution is 0.533. The normalized spacial score (nSPS) is 12.6. The van der Waals surface area contributed by atoms with Crippen LogP contribution in [0.15, 0.2) is 30.5 Å². The van der Waals surface area contributed by atoms with Gasteiger partial charge in [-0.25, -0.2) is 4.68 Å². The van der Waals surface area contributed by atoms with E-state index in [0.717, 1.165) is 25.1 Å². The Morgan fingerprint density at radius 3 is 2.50 bits per heavy atom. The Bertz CT molecular complexity index is 540. The highest BCUT2D eigenvalue weighted by Gasteiger charge is 2.08. The average molecular weight is 271 g/mol. The van der Waals surface area contributed by atoms with Crippen molar-refractivity contribution in [2.24, 2.45) is 0 Å². The lowest BCUT2D eigenvalue weighted by Gasteiger charge is -2.11. The minimum absolute atomic E-state index is 0.543. The lowest BCUT2D eigenvalue weighted by atomic mass is 10.1. The largest absolute Gasteiger partial charge is 0.310 e. The van der Waals surface area contributed by atoms with Gasteiger partial charge >= 0.3 is 0 Å². The SMILES string of the molecule is CCc1ccc(-n2ncc(CNC(C)CC)c2C)cc1. The maximum atomic E-state index is 4.52. The molecule has 0 aliphatic rings. The minimum atomic E-state index is 0.543. The van der Waals surface area contributed by atoms with Crippen molar-refractivity contribution in [2.75, 3.05) is 0 Å². The maximum absolute atomic E-state index is 4.52.